The highest BCUT2D eigenvalue weighted by atomic mass is 32.1. The van der Waals surface area contributed by atoms with E-state index in [-0.39, 0.29) is 5.91 Å². The largest absolute Gasteiger partial charge is 0.378 e. The van der Waals surface area contributed by atoms with E-state index in [0.717, 1.165) is 21.5 Å². The van der Waals surface area contributed by atoms with Crippen LogP contribution in [-0.4, -0.2) is 25.0 Å². The summed E-state index contributed by atoms with van der Waals surface area (Å²) >= 11 is 1.51. The standard InChI is InChI=1S/C18H19N3OS/c1-12-4-9-15-16(10-12)23-18(19-15)20-17(22)11-13-5-7-14(8-6-13)21(2)3/h4-10H,11H2,1-3H3,(H,19,20,22). The quantitative estimate of drug-likeness (QED) is 0.792. The molecule has 3 aromatic rings. The maximum atomic E-state index is 12.2. The fourth-order valence-corrected chi connectivity index (χ4v) is 3.33. The number of carbonyl (C=O) groups excluding carboxylic acids is 1. The molecule has 1 N–H and O–H groups in total. The number of hydrogen-bond acceptors (Lipinski definition) is 4. The van der Waals surface area contributed by atoms with Gasteiger partial charge < -0.3 is 10.2 Å². The molecule has 2 aromatic carbocycles. The topological polar surface area (TPSA) is 45.2 Å². The van der Waals surface area contributed by atoms with Gasteiger partial charge in [-0.1, -0.05) is 29.5 Å². The second kappa shape index (κ2) is 6.38. The van der Waals surface area contributed by atoms with Gasteiger partial charge in [0.15, 0.2) is 5.13 Å². The van der Waals surface area contributed by atoms with E-state index < -0.39 is 0 Å². The van der Waals surface area contributed by atoms with Gasteiger partial charge in [-0.05, 0) is 42.3 Å². The van der Waals surface area contributed by atoms with Crippen LogP contribution in [0.15, 0.2) is 42.5 Å². The number of thiazole rings is 1. The van der Waals surface area contributed by atoms with Crippen LogP contribution in [-0.2, 0) is 11.2 Å². The Kier molecular flexibility index (Phi) is 4.30. The lowest BCUT2D eigenvalue weighted by atomic mass is 10.1. The summed E-state index contributed by atoms with van der Waals surface area (Å²) in [5.74, 6) is -0.0432. The summed E-state index contributed by atoms with van der Waals surface area (Å²) in [7, 11) is 3.99. The van der Waals surface area contributed by atoms with Crippen molar-refractivity contribution >= 4 is 38.3 Å². The molecule has 3 rings (SSSR count). The Morgan fingerprint density at radius 2 is 1.91 bits per heavy atom. The van der Waals surface area contributed by atoms with Crippen LogP contribution >= 0.6 is 11.3 Å². The number of rotatable bonds is 4. The molecule has 0 radical (unpaired) electrons. The summed E-state index contributed by atoms with van der Waals surface area (Å²) in [4.78, 5) is 18.7. The Morgan fingerprint density at radius 3 is 2.61 bits per heavy atom. The van der Waals surface area contributed by atoms with Gasteiger partial charge in [0, 0.05) is 19.8 Å². The molecule has 118 valence electrons. The SMILES string of the molecule is Cc1ccc2nc(NC(=O)Cc3ccc(N(C)C)cc3)sc2c1. The molecule has 0 spiro atoms. The minimum Gasteiger partial charge on any atom is -0.378 e. The summed E-state index contributed by atoms with van der Waals surface area (Å²) in [5, 5.41) is 3.55. The average molecular weight is 325 g/mol. The molecule has 1 amide bonds. The number of nitrogens with one attached hydrogen (secondary N) is 1. The van der Waals surface area contributed by atoms with Crippen LogP contribution in [0, 0.1) is 6.92 Å². The zero-order valence-corrected chi connectivity index (χ0v) is 14.3. The van der Waals surface area contributed by atoms with Crippen LogP contribution in [0.2, 0.25) is 0 Å². The molecular weight excluding hydrogens is 306 g/mol. The minimum absolute atomic E-state index is 0.0432. The summed E-state index contributed by atoms with van der Waals surface area (Å²) in [6.07, 6.45) is 0.350. The van der Waals surface area contributed by atoms with E-state index in [0.29, 0.717) is 11.6 Å². The number of hydrogen-bond donors (Lipinski definition) is 1. The first-order valence-electron chi connectivity index (χ1n) is 7.44. The van der Waals surface area contributed by atoms with Crippen LogP contribution in [0.3, 0.4) is 0 Å². The van der Waals surface area contributed by atoms with E-state index in [1.54, 1.807) is 0 Å². The monoisotopic (exact) mass is 325 g/mol. The Hall–Kier alpha value is -2.40. The third-order valence-electron chi connectivity index (χ3n) is 3.61. The normalized spacial score (nSPS) is 10.7. The lowest BCUT2D eigenvalue weighted by Crippen LogP contribution is -2.14. The van der Waals surface area contributed by atoms with E-state index in [4.69, 9.17) is 0 Å². The summed E-state index contributed by atoms with van der Waals surface area (Å²) in [6, 6.07) is 14.1. The number of aromatic nitrogens is 1. The second-order valence-electron chi connectivity index (χ2n) is 5.78. The van der Waals surface area contributed by atoms with Gasteiger partial charge in [0.2, 0.25) is 5.91 Å². The molecule has 0 bridgehead atoms. The molecule has 1 heterocycles. The fraction of sp³-hybridized carbons (Fsp3) is 0.222. The molecule has 0 saturated carbocycles. The van der Waals surface area contributed by atoms with Gasteiger partial charge in [-0.2, -0.15) is 0 Å². The van der Waals surface area contributed by atoms with Crippen molar-refractivity contribution in [2.45, 2.75) is 13.3 Å². The van der Waals surface area contributed by atoms with Crippen molar-refractivity contribution in [3.63, 3.8) is 0 Å². The zero-order valence-electron chi connectivity index (χ0n) is 13.5. The number of amides is 1. The van der Waals surface area contributed by atoms with Gasteiger partial charge in [-0.3, -0.25) is 4.79 Å². The van der Waals surface area contributed by atoms with Crippen LogP contribution in [0.25, 0.3) is 10.2 Å². The fourth-order valence-electron chi connectivity index (χ4n) is 2.35. The van der Waals surface area contributed by atoms with Crippen LogP contribution < -0.4 is 10.2 Å². The highest BCUT2D eigenvalue weighted by Crippen LogP contribution is 2.26. The molecule has 5 heteroatoms. The predicted molar refractivity (Wildman–Crippen MR) is 97.5 cm³/mol. The van der Waals surface area contributed by atoms with Gasteiger partial charge in [-0.25, -0.2) is 4.98 Å². The number of anilines is 2. The van der Waals surface area contributed by atoms with Crippen molar-refractivity contribution in [3.05, 3.63) is 53.6 Å². The average Bonchev–Trinajstić information content (AvgIpc) is 2.88. The Bertz CT molecular complexity index is 837. The van der Waals surface area contributed by atoms with Gasteiger partial charge in [0.05, 0.1) is 16.6 Å². The molecule has 0 aliphatic carbocycles. The second-order valence-corrected chi connectivity index (χ2v) is 6.81. The van der Waals surface area contributed by atoms with Crippen LogP contribution in [0.5, 0.6) is 0 Å². The van der Waals surface area contributed by atoms with Gasteiger partial charge in [-0.15, -0.1) is 0 Å². The predicted octanol–water partition coefficient (Wildman–Crippen LogP) is 3.85. The molecule has 0 fully saturated rings. The highest BCUT2D eigenvalue weighted by Gasteiger charge is 2.09. The number of aryl methyl sites for hydroxylation is 1. The lowest BCUT2D eigenvalue weighted by Gasteiger charge is -2.12. The van der Waals surface area contributed by atoms with Gasteiger partial charge >= 0.3 is 0 Å². The van der Waals surface area contributed by atoms with E-state index in [1.807, 2.05) is 55.4 Å². The number of benzene rings is 2. The van der Waals surface area contributed by atoms with E-state index in [1.165, 1.54) is 16.9 Å². The molecule has 23 heavy (non-hydrogen) atoms. The third-order valence-corrected chi connectivity index (χ3v) is 4.54. The lowest BCUT2D eigenvalue weighted by molar-refractivity contribution is -0.115. The maximum absolute atomic E-state index is 12.2. The Labute approximate surface area is 139 Å². The third kappa shape index (κ3) is 3.68. The first kappa shape index (κ1) is 15.5. The van der Waals surface area contributed by atoms with Gasteiger partial charge in [0.25, 0.3) is 0 Å². The molecular formula is C18H19N3OS. The Morgan fingerprint density at radius 1 is 1.17 bits per heavy atom. The number of nitrogens with zero attached hydrogens (tertiary/aromatic N) is 2. The van der Waals surface area contributed by atoms with Crippen molar-refractivity contribution in [2.75, 3.05) is 24.3 Å². The summed E-state index contributed by atoms with van der Waals surface area (Å²) in [5.41, 5.74) is 4.23. The smallest absolute Gasteiger partial charge is 0.230 e. The molecule has 4 nitrogen and oxygen atoms in total. The van der Waals surface area contributed by atoms with E-state index >= 15 is 0 Å². The minimum atomic E-state index is -0.0432. The highest BCUT2D eigenvalue weighted by molar-refractivity contribution is 7.22. The van der Waals surface area contributed by atoms with Gasteiger partial charge in [0.1, 0.15) is 0 Å². The molecule has 0 aliphatic heterocycles. The molecule has 0 saturated heterocycles. The maximum Gasteiger partial charge on any atom is 0.230 e. The van der Waals surface area contributed by atoms with Crippen molar-refractivity contribution in [1.82, 2.24) is 4.98 Å². The number of carbonyl (C=O) groups is 1. The summed E-state index contributed by atoms with van der Waals surface area (Å²) < 4.78 is 1.09. The molecule has 0 atom stereocenters. The van der Waals surface area contributed by atoms with Crippen LogP contribution in [0.4, 0.5) is 10.8 Å². The molecule has 0 unspecified atom stereocenters. The van der Waals surface area contributed by atoms with Crippen molar-refractivity contribution in [2.24, 2.45) is 0 Å². The zero-order chi connectivity index (χ0) is 16.4. The van der Waals surface area contributed by atoms with Crippen molar-refractivity contribution in [1.29, 1.82) is 0 Å². The first-order chi connectivity index (χ1) is 11.0. The van der Waals surface area contributed by atoms with E-state index in [9.17, 15) is 4.79 Å². The van der Waals surface area contributed by atoms with Crippen molar-refractivity contribution in [3.8, 4) is 0 Å². The summed E-state index contributed by atoms with van der Waals surface area (Å²) in [6.45, 7) is 2.05. The van der Waals surface area contributed by atoms with E-state index in [2.05, 4.69) is 23.3 Å². The first-order valence-corrected chi connectivity index (χ1v) is 8.26. The van der Waals surface area contributed by atoms with Crippen LogP contribution in [0.1, 0.15) is 11.1 Å². The molecule has 1 aromatic heterocycles. The van der Waals surface area contributed by atoms with Crippen molar-refractivity contribution < 1.29 is 4.79 Å². The Balaban J connectivity index is 1.68. The number of fused-ring (bicyclic) bond motifs is 1. The molecule has 0 aliphatic rings.